The van der Waals surface area contributed by atoms with Crippen LogP contribution in [0.15, 0.2) is 42.5 Å². The SMILES string of the molecule is COc1cc(C(=O)N[C@@H](CN2CCOCC2)c2ccccc2)cc(Cl)c1OC. The van der Waals surface area contributed by atoms with E-state index in [0.717, 1.165) is 18.7 Å². The van der Waals surface area contributed by atoms with Gasteiger partial charge in [-0.25, -0.2) is 0 Å². The first-order chi connectivity index (χ1) is 13.6. The monoisotopic (exact) mass is 404 g/mol. The summed E-state index contributed by atoms with van der Waals surface area (Å²) in [5.74, 6) is 0.614. The Morgan fingerprint density at radius 1 is 1.18 bits per heavy atom. The largest absolute Gasteiger partial charge is 0.493 e. The van der Waals surface area contributed by atoms with Crippen LogP contribution in [0.1, 0.15) is 22.0 Å². The third kappa shape index (κ3) is 4.95. The van der Waals surface area contributed by atoms with Gasteiger partial charge >= 0.3 is 0 Å². The van der Waals surface area contributed by atoms with E-state index in [9.17, 15) is 4.79 Å². The molecule has 0 saturated carbocycles. The Labute approximate surface area is 170 Å². The fourth-order valence-electron chi connectivity index (χ4n) is 3.25. The fourth-order valence-corrected chi connectivity index (χ4v) is 3.54. The molecule has 6 nitrogen and oxygen atoms in total. The summed E-state index contributed by atoms with van der Waals surface area (Å²) in [6, 6.07) is 13.0. The number of morpholine rings is 1. The van der Waals surface area contributed by atoms with Gasteiger partial charge in [0, 0.05) is 25.2 Å². The van der Waals surface area contributed by atoms with Crippen LogP contribution in [0.25, 0.3) is 0 Å². The number of amides is 1. The zero-order valence-electron chi connectivity index (χ0n) is 16.1. The quantitative estimate of drug-likeness (QED) is 0.768. The minimum atomic E-state index is -0.218. The lowest BCUT2D eigenvalue weighted by molar-refractivity contribution is 0.0332. The van der Waals surface area contributed by atoms with Crippen molar-refractivity contribution in [3.63, 3.8) is 0 Å². The highest BCUT2D eigenvalue weighted by Crippen LogP contribution is 2.36. The first-order valence-electron chi connectivity index (χ1n) is 9.19. The topological polar surface area (TPSA) is 60.0 Å². The molecule has 7 heteroatoms. The molecule has 1 fully saturated rings. The fraction of sp³-hybridized carbons (Fsp3) is 0.381. The summed E-state index contributed by atoms with van der Waals surface area (Å²) in [6.45, 7) is 3.82. The maximum Gasteiger partial charge on any atom is 0.252 e. The van der Waals surface area contributed by atoms with E-state index in [2.05, 4.69) is 10.2 Å². The van der Waals surface area contributed by atoms with Crippen LogP contribution in [-0.2, 0) is 4.74 Å². The van der Waals surface area contributed by atoms with Gasteiger partial charge in [-0.3, -0.25) is 9.69 Å². The van der Waals surface area contributed by atoms with Gasteiger partial charge in [-0.15, -0.1) is 0 Å². The van der Waals surface area contributed by atoms with Gasteiger partial charge in [0.25, 0.3) is 5.91 Å². The summed E-state index contributed by atoms with van der Waals surface area (Å²) < 4.78 is 16.0. The van der Waals surface area contributed by atoms with E-state index >= 15 is 0 Å². The number of hydrogen-bond donors (Lipinski definition) is 1. The third-order valence-corrected chi connectivity index (χ3v) is 5.03. The summed E-state index contributed by atoms with van der Waals surface area (Å²) >= 11 is 6.26. The second-order valence-electron chi connectivity index (χ2n) is 6.54. The average molecular weight is 405 g/mol. The molecular formula is C21H25ClN2O4. The molecule has 28 heavy (non-hydrogen) atoms. The molecule has 0 bridgehead atoms. The number of carbonyl (C=O) groups excluding carboxylic acids is 1. The molecule has 2 aromatic carbocycles. The number of rotatable bonds is 7. The highest BCUT2D eigenvalue weighted by atomic mass is 35.5. The zero-order chi connectivity index (χ0) is 19.9. The van der Waals surface area contributed by atoms with Crippen LogP contribution in [0.2, 0.25) is 5.02 Å². The van der Waals surface area contributed by atoms with Gasteiger partial charge in [-0.2, -0.15) is 0 Å². The zero-order valence-corrected chi connectivity index (χ0v) is 16.9. The predicted molar refractivity (Wildman–Crippen MR) is 108 cm³/mol. The molecule has 0 aromatic heterocycles. The molecule has 1 aliphatic heterocycles. The number of hydrogen-bond acceptors (Lipinski definition) is 5. The summed E-state index contributed by atoms with van der Waals surface area (Å²) in [6.07, 6.45) is 0. The maximum atomic E-state index is 13.0. The minimum Gasteiger partial charge on any atom is -0.493 e. The van der Waals surface area contributed by atoms with Crippen molar-refractivity contribution in [2.45, 2.75) is 6.04 Å². The van der Waals surface area contributed by atoms with Crippen LogP contribution in [0, 0.1) is 0 Å². The van der Waals surface area contributed by atoms with Crippen LogP contribution in [0.5, 0.6) is 11.5 Å². The molecule has 1 aliphatic rings. The Morgan fingerprint density at radius 2 is 1.89 bits per heavy atom. The number of carbonyl (C=O) groups is 1. The first kappa shape index (κ1) is 20.5. The highest BCUT2D eigenvalue weighted by Gasteiger charge is 2.22. The van der Waals surface area contributed by atoms with Crippen molar-refractivity contribution < 1.29 is 19.0 Å². The van der Waals surface area contributed by atoms with Gasteiger partial charge in [0.15, 0.2) is 11.5 Å². The molecule has 0 radical (unpaired) electrons. The van der Waals surface area contributed by atoms with Gasteiger partial charge in [0.2, 0.25) is 0 Å². The van der Waals surface area contributed by atoms with Crippen LogP contribution < -0.4 is 14.8 Å². The average Bonchev–Trinajstić information content (AvgIpc) is 2.74. The van der Waals surface area contributed by atoms with Crippen LogP contribution in [-0.4, -0.2) is 57.9 Å². The van der Waals surface area contributed by atoms with Crippen molar-refractivity contribution in [3.05, 3.63) is 58.6 Å². The molecule has 1 heterocycles. The summed E-state index contributed by atoms with van der Waals surface area (Å²) in [4.78, 5) is 15.3. The van der Waals surface area contributed by atoms with Gasteiger partial charge in [-0.05, 0) is 17.7 Å². The molecule has 150 valence electrons. The maximum absolute atomic E-state index is 13.0. The molecular weight excluding hydrogens is 380 g/mol. The second kappa shape index (κ2) is 9.78. The molecule has 1 amide bonds. The van der Waals surface area contributed by atoms with E-state index < -0.39 is 0 Å². The smallest absolute Gasteiger partial charge is 0.252 e. The van der Waals surface area contributed by atoms with Crippen LogP contribution >= 0.6 is 11.6 Å². The standard InChI is InChI=1S/C21H25ClN2O4/c1-26-19-13-16(12-17(22)20(19)27-2)21(25)23-18(15-6-4-3-5-7-15)14-24-8-10-28-11-9-24/h3-7,12-13,18H,8-11,14H2,1-2H3,(H,23,25)/t18-/m0/s1. The Morgan fingerprint density at radius 3 is 2.54 bits per heavy atom. The van der Waals surface area contributed by atoms with Gasteiger partial charge < -0.3 is 19.5 Å². The summed E-state index contributed by atoms with van der Waals surface area (Å²) in [5, 5.41) is 3.47. The molecule has 2 aromatic rings. The first-order valence-corrected chi connectivity index (χ1v) is 9.57. The number of halogens is 1. The molecule has 1 saturated heterocycles. The van der Waals surface area contributed by atoms with Crippen molar-refractivity contribution in [1.29, 1.82) is 0 Å². The van der Waals surface area contributed by atoms with Gasteiger partial charge in [0.05, 0.1) is 38.5 Å². The lowest BCUT2D eigenvalue weighted by atomic mass is 10.0. The van der Waals surface area contributed by atoms with E-state index in [-0.39, 0.29) is 11.9 Å². The number of benzene rings is 2. The molecule has 1 atom stereocenters. The number of nitrogens with zero attached hydrogens (tertiary/aromatic N) is 1. The Hall–Kier alpha value is -2.28. The van der Waals surface area contributed by atoms with E-state index in [0.29, 0.717) is 41.8 Å². The minimum absolute atomic E-state index is 0.154. The third-order valence-electron chi connectivity index (χ3n) is 4.75. The van der Waals surface area contributed by atoms with Crippen molar-refractivity contribution in [1.82, 2.24) is 10.2 Å². The highest BCUT2D eigenvalue weighted by molar-refractivity contribution is 6.32. The summed E-state index contributed by atoms with van der Waals surface area (Å²) in [7, 11) is 3.03. The predicted octanol–water partition coefficient (Wildman–Crippen LogP) is 3.16. The van der Waals surface area contributed by atoms with Crippen molar-refractivity contribution in [2.24, 2.45) is 0 Å². The normalized spacial score (nSPS) is 15.7. The van der Waals surface area contributed by atoms with E-state index in [1.807, 2.05) is 30.3 Å². The van der Waals surface area contributed by atoms with E-state index in [4.69, 9.17) is 25.8 Å². The van der Waals surface area contributed by atoms with Crippen molar-refractivity contribution in [3.8, 4) is 11.5 Å². The number of methoxy groups -OCH3 is 2. The van der Waals surface area contributed by atoms with Gasteiger partial charge in [0.1, 0.15) is 0 Å². The Bertz CT molecular complexity index is 794. The lowest BCUT2D eigenvalue weighted by Gasteiger charge is -2.31. The van der Waals surface area contributed by atoms with Crippen LogP contribution in [0.4, 0.5) is 0 Å². The lowest BCUT2D eigenvalue weighted by Crippen LogP contribution is -2.43. The Balaban J connectivity index is 1.81. The number of ether oxygens (including phenoxy) is 3. The molecule has 0 aliphatic carbocycles. The molecule has 3 rings (SSSR count). The molecule has 0 unspecified atom stereocenters. The van der Waals surface area contributed by atoms with Crippen molar-refractivity contribution >= 4 is 17.5 Å². The Kier molecular flexibility index (Phi) is 7.14. The number of nitrogens with one attached hydrogen (secondary N) is 1. The van der Waals surface area contributed by atoms with Crippen LogP contribution in [0.3, 0.4) is 0 Å². The van der Waals surface area contributed by atoms with E-state index in [1.165, 1.54) is 14.2 Å². The van der Waals surface area contributed by atoms with Gasteiger partial charge in [-0.1, -0.05) is 41.9 Å². The summed E-state index contributed by atoms with van der Waals surface area (Å²) in [5.41, 5.74) is 1.47. The second-order valence-corrected chi connectivity index (χ2v) is 6.95. The van der Waals surface area contributed by atoms with Crippen molar-refractivity contribution in [2.75, 3.05) is 47.1 Å². The molecule has 1 N–H and O–H groups in total. The molecule has 0 spiro atoms. The van der Waals surface area contributed by atoms with E-state index in [1.54, 1.807) is 12.1 Å².